The second-order valence-electron chi connectivity index (χ2n) is 7.38. The SMILES string of the molecule is CCCOc1ccc(C(=O)N/N=C/c2ccc(OCc3ccc(C)cc3)c(Cl)c2)cc1OC. The van der Waals surface area contributed by atoms with E-state index in [9.17, 15) is 4.79 Å². The van der Waals surface area contributed by atoms with Gasteiger partial charge in [0, 0.05) is 5.56 Å². The van der Waals surface area contributed by atoms with Gasteiger partial charge in [0.2, 0.25) is 0 Å². The zero-order valence-electron chi connectivity index (χ0n) is 18.9. The molecule has 0 heterocycles. The Bertz CT molecular complexity index is 1110. The Balaban J connectivity index is 1.57. The van der Waals surface area contributed by atoms with Crippen LogP contribution in [0, 0.1) is 6.92 Å². The van der Waals surface area contributed by atoms with Crippen LogP contribution in [0.3, 0.4) is 0 Å². The number of benzene rings is 3. The Morgan fingerprint density at radius 3 is 2.45 bits per heavy atom. The van der Waals surface area contributed by atoms with Crippen molar-refractivity contribution in [1.29, 1.82) is 0 Å². The highest BCUT2D eigenvalue weighted by atomic mass is 35.5. The standard InChI is InChI=1S/C26H27ClN2O4/c1-4-13-32-24-12-10-21(15-25(24)31-3)26(30)29-28-16-20-9-11-23(22(27)14-20)33-17-19-7-5-18(2)6-8-19/h5-12,14-16H,4,13,17H2,1-3H3,(H,29,30)/b28-16+. The van der Waals surface area contributed by atoms with Gasteiger partial charge in [-0.05, 0) is 60.9 Å². The first-order chi connectivity index (χ1) is 16.0. The number of amides is 1. The number of hydrogen-bond acceptors (Lipinski definition) is 5. The second kappa shape index (κ2) is 11.9. The van der Waals surface area contributed by atoms with Gasteiger partial charge in [0.15, 0.2) is 11.5 Å². The molecule has 0 saturated carbocycles. The van der Waals surface area contributed by atoms with Gasteiger partial charge in [0.05, 0.1) is 25.0 Å². The first-order valence-corrected chi connectivity index (χ1v) is 11.0. The minimum absolute atomic E-state index is 0.365. The fraction of sp³-hybridized carbons (Fsp3) is 0.231. The number of hydrazone groups is 1. The molecule has 3 aromatic carbocycles. The van der Waals surface area contributed by atoms with E-state index in [2.05, 4.69) is 10.5 Å². The van der Waals surface area contributed by atoms with Gasteiger partial charge in [-0.1, -0.05) is 48.4 Å². The highest BCUT2D eigenvalue weighted by Crippen LogP contribution is 2.28. The van der Waals surface area contributed by atoms with E-state index < -0.39 is 0 Å². The number of carbonyl (C=O) groups is 1. The Hall–Kier alpha value is -3.51. The normalized spacial score (nSPS) is 10.8. The van der Waals surface area contributed by atoms with Crippen LogP contribution in [0.15, 0.2) is 65.8 Å². The van der Waals surface area contributed by atoms with E-state index in [1.54, 1.807) is 30.3 Å². The number of carbonyl (C=O) groups excluding carboxylic acids is 1. The summed E-state index contributed by atoms with van der Waals surface area (Å²) >= 11 is 6.34. The molecule has 1 N–H and O–H groups in total. The molecule has 7 heteroatoms. The van der Waals surface area contributed by atoms with Gasteiger partial charge in [-0.25, -0.2) is 5.43 Å². The number of halogens is 1. The molecule has 0 atom stereocenters. The van der Waals surface area contributed by atoms with E-state index in [0.717, 1.165) is 17.5 Å². The largest absolute Gasteiger partial charge is 0.493 e. The van der Waals surface area contributed by atoms with Crippen molar-refractivity contribution in [3.05, 3.63) is 87.9 Å². The first-order valence-electron chi connectivity index (χ1n) is 10.6. The predicted octanol–water partition coefficient (Wildman–Crippen LogP) is 5.79. The fourth-order valence-electron chi connectivity index (χ4n) is 2.93. The van der Waals surface area contributed by atoms with Crippen molar-refractivity contribution in [2.45, 2.75) is 26.9 Å². The maximum absolute atomic E-state index is 12.4. The van der Waals surface area contributed by atoms with Crippen molar-refractivity contribution in [3.8, 4) is 17.2 Å². The van der Waals surface area contributed by atoms with Gasteiger partial charge >= 0.3 is 0 Å². The number of ether oxygens (including phenoxy) is 3. The minimum atomic E-state index is -0.365. The Labute approximate surface area is 199 Å². The van der Waals surface area contributed by atoms with E-state index in [-0.39, 0.29) is 5.91 Å². The first kappa shape index (κ1) is 24.1. The monoisotopic (exact) mass is 466 g/mol. The molecule has 172 valence electrons. The maximum atomic E-state index is 12.4. The summed E-state index contributed by atoms with van der Waals surface area (Å²) in [5, 5.41) is 4.48. The van der Waals surface area contributed by atoms with Crippen molar-refractivity contribution < 1.29 is 19.0 Å². The lowest BCUT2D eigenvalue weighted by Gasteiger charge is -2.11. The van der Waals surface area contributed by atoms with Crippen LogP contribution in [0.5, 0.6) is 17.2 Å². The summed E-state index contributed by atoms with van der Waals surface area (Å²) in [6, 6.07) is 18.4. The average Bonchev–Trinajstić information content (AvgIpc) is 2.83. The molecule has 1 amide bonds. The van der Waals surface area contributed by atoms with Crippen molar-refractivity contribution >= 4 is 23.7 Å². The molecule has 0 radical (unpaired) electrons. The minimum Gasteiger partial charge on any atom is -0.493 e. The molecule has 0 spiro atoms. The van der Waals surface area contributed by atoms with Crippen molar-refractivity contribution in [2.75, 3.05) is 13.7 Å². The lowest BCUT2D eigenvalue weighted by atomic mass is 10.2. The number of aryl methyl sites for hydroxylation is 1. The molecule has 0 unspecified atom stereocenters. The van der Waals surface area contributed by atoms with Crippen LogP contribution in [0.2, 0.25) is 5.02 Å². The van der Waals surface area contributed by atoms with Gasteiger partial charge in [-0.3, -0.25) is 4.79 Å². The molecule has 0 bridgehead atoms. The Morgan fingerprint density at radius 2 is 1.76 bits per heavy atom. The maximum Gasteiger partial charge on any atom is 0.271 e. The van der Waals surface area contributed by atoms with Crippen LogP contribution in [-0.4, -0.2) is 25.8 Å². The molecular weight excluding hydrogens is 440 g/mol. The molecule has 33 heavy (non-hydrogen) atoms. The van der Waals surface area contributed by atoms with Crippen molar-refractivity contribution in [2.24, 2.45) is 5.10 Å². The third-order valence-corrected chi connectivity index (χ3v) is 5.03. The average molecular weight is 467 g/mol. The number of methoxy groups -OCH3 is 1. The Kier molecular flexibility index (Phi) is 8.72. The van der Waals surface area contributed by atoms with Gasteiger partial charge < -0.3 is 14.2 Å². The molecule has 6 nitrogen and oxygen atoms in total. The van der Waals surface area contributed by atoms with Crippen LogP contribution in [0.4, 0.5) is 0 Å². The van der Waals surface area contributed by atoms with Crippen molar-refractivity contribution in [1.82, 2.24) is 5.43 Å². The van der Waals surface area contributed by atoms with Crippen LogP contribution >= 0.6 is 11.6 Å². The molecule has 0 saturated heterocycles. The molecule has 0 aromatic heterocycles. The molecular formula is C26H27ClN2O4. The fourth-order valence-corrected chi connectivity index (χ4v) is 3.17. The lowest BCUT2D eigenvalue weighted by Crippen LogP contribution is -2.17. The smallest absolute Gasteiger partial charge is 0.271 e. The number of nitrogens with one attached hydrogen (secondary N) is 1. The zero-order chi connectivity index (χ0) is 23.6. The van der Waals surface area contributed by atoms with Gasteiger partial charge in [-0.2, -0.15) is 5.10 Å². The topological polar surface area (TPSA) is 69.2 Å². The molecule has 0 fully saturated rings. The van der Waals surface area contributed by atoms with Gasteiger partial charge in [-0.15, -0.1) is 0 Å². The molecule has 3 rings (SSSR count). The number of nitrogens with zero attached hydrogens (tertiary/aromatic N) is 1. The third-order valence-electron chi connectivity index (χ3n) is 4.74. The predicted molar refractivity (Wildman–Crippen MR) is 131 cm³/mol. The van der Waals surface area contributed by atoms with E-state index in [1.165, 1.54) is 18.9 Å². The lowest BCUT2D eigenvalue weighted by molar-refractivity contribution is 0.0954. The molecule has 0 aliphatic heterocycles. The molecule has 3 aromatic rings. The number of rotatable bonds is 10. The van der Waals surface area contributed by atoms with Crippen LogP contribution < -0.4 is 19.6 Å². The summed E-state index contributed by atoms with van der Waals surface area (Å²) in [4.78, 5) is 12.4. The summed E-state index contributed by atoms with van der Waals surface area (Å²) in [7, 11) is 1.53. The highest BCUT2D eigenvalue weighted by molar-refractivity contribution is 6.32. The quantitative estimate of drug-likeness (QED) is 0.303. The van der Waals surface area contributed by atoms with Gasteiger partial charge in [0.1, 0.15) is 12.4 Å². The highest BCUT2D eigenvalue weighted by Gasteiger charge is 2.11. The van der Waals surface area contributed by atoms with E-state index in [4.69, 9.17) is 25.8 Å². The van der Waals surface area contributed by atoms with Crippen molar-refractivity contribution in [3.63, 3.8) is 0 Å². The number of hydrogen-bond donors (Lipinski definition) is 1. The second-order valence-corrected chi connectivity index (χ2v) is 7.78. The zero-order valence-corrected chi connectivity index (χ0v) is 19.7. The summed E-state index contributed by atoms with van der Waals surface area (Å²) < 4.78 is 16.7. The van der Waals surface area contributed by atoms with E-state index >= 15 is 0 Å². The van der Waals surface area contributed by atoms with Gasteiger partial charge in [0.25, 0.3) is 5.91 Å². The summed E-state index contributed by atoms with van der Waals surface area (Å²) in [6.07, 6.45) is 2.40. The van der Waals surface area contributed by atoms with Crippen LogP contribution in [0.1, 0.15) is 40.4 Å². The van der Waals surface area contributed by atoms with E-state index in [0.29, 0.717) is 41.0 Å². The van der Waals surface area contributed by atoms with E-state index in [1.807, 2.05) is 44.2 Å². The molecule has 0 aliphatic rings. The van der Waals surface area contributed by atoms with Crippen LogP contribution in [-0.2, 0) is 6.61 Å². The third kappa shape index (κ3) is 6.99. The molecule has 0 aliphatic carbocycles. The summed E-state index contributed by atoms with van der Waals surface area (Å²) in [6.45, 7) is 5.06. The Morgan fingerprint density at radius 1 is 1.00 bits per heavy atom. The van der Waals surface area contributed by atoms with Crippen LogP contribution in [0.25, 0.3) is 0 Å². The summed E-state index contributed by atoms with van der Waals surface area (Å²) in [5.41, 5.74) is 5.90. The summed E-state index contributed by atoms with van der Waals surface area (Å²) in [5.74, 6) is 1.30.